The van der Waals surface area contributed by atoms with Crippen LogP contribution in [-0.2, 0) is 11.3 Å². The first-order chi connectivity index (χ1) is 14.2. The van der Waals surface area contributed by atoms with E-state index in [0.717, 1.165) is 22.2 Å². The lowest BCUT2D eigenvalue weighted by Crippen LogP contribution is -2.38. The summed E-state index contributed by atoms with van der Waals surface area (Å²) in [6.45, 7) is 0.834. The highest BCUT2D eigenvalue weighted by molar-refractivity contribution is 5.80. The van der Waals surface area contributed by atoms with Crippen LogP contribution in [0.3, 0.4) is 0 Å². The number of H-pyrrole nitrogens is 1. The Morgan fingerprint density at radius 1 is 1.24 bits per heavy atom. The molecule has 146 valence electrons. The normalized spacial score (nSPS) is 17.2. The summed E-state index contributed by atoms with van der Waals surface area (Å²) in [5.41, 5.74) is 3.37. The van der Waals surface area contributed by atoms with Crippen molar-refractivity contribution in [1.82, 2.24) is 25.0 Å². The predicted octanol–water partition coefficient (Wildman–Crippen LogP) is 3.66. The van der Waals surface area contributed by atoms with Crippen LogP contribution in [-0.4, -0.2) is 37.5 Å². The first kappa shape index (κ1) is 17.5. The van der Waals surface area contributed by atoms with Crippen LogP contribution in [0.2, 0.25) is 0 Å². The smallest absolute Gasteiger partial charge is 0.231 e. The molecule has 1 saturated heterocycles. The number of carbonyl (C=O) groups excluding carboxylic acids is 1. The Bertz CT molecular complexity index is 1180. The second-order valence-electron chi connectivity index (χ2n) is 7.23. The van der Waals surface area contributed by atoms with Crippen molar-refractivity contribution in [2.24, 2.45) is 0 Å². The Morgan fingerprint density at radius 2 is 2.17 bits per heavy atom. The van der Waals surface area contributed by atoms with Crippen LogP contribution in [0.4, 0.5) is 4.39 Å². The van der Waals surface area contributed by atoms with Crippen molar-refractivity contribution in [3.8, 4) is 11.4 Å². The van der Waals surface area contributed by atoms with Crippen LogP contribution in [0.25, 0.3) is 22.4 Å². The van der Waals surface area contributed by atoms with E-state index in [1.807, 2.05) is 24.3 Å². The van der Waals surface area contributed by atoms with Gasteiger partial charge in [0, 0.05) is 25.1 Å². The fraction of sp³-hybridized carbons (Fsp3) is 0.238. The number of hydrogen-bond donors (Lipinski definition) is 1. The molecule has 0 bridgehead atoms. The molecule has 8 heteroatoms. The van der Waals surface area contributed by atoms with Crippen molar-refractivity contribution in [2.75, 3.05) is 6.54 Å². The number of rotatable bonds is 4. The van der Waals surface area contributed by atoms with Gasteiger partial charge in [0.05, 0.1) is 23.3 Å². The molecule has 1 aliphatic heterocycles. The fourth-order valence-corrected chi connectivity index (χ4v) is 3.72. The maximum absolute atomic E-state index is 13.5. The Morgan fingerprint density at radius 3 is 3.07 bits per heavy atom. The van der Waals surface area contributed by atoms with Crippen LogP contribution in [0.15, 0.2) is 53.3 Å². The number of aromatic amines is 1. The molecule has 3 heterocycles. The third kappa shape index (κ3) is 3.49. The van der Waals surface area contributed by atoms with Gasteiger partial charge in [-0.05, 0) is 42.3 Å². The van der Waals surface area contributed by atoms with E-state index in [4.69, 9.17) is 4.52 Å². The average Bonchev–Trinajstić information content (AvgIpc) is 3.38. The number of aromatic nitrogens is 4. The predicted molar refractivity (Wildman–Crippen MR) is 103 cm³/mol. The molecule has 1 N–H and O–H groups in total. The number of halogens is 1. The largest absolute Gasteiger partial charge is 0.345 e. The van der Waals surface area contributed by atoms with Gasteiger partial charge in [-0.3, -0.25) is 4.79 Å². The van der Waals surface area contributed by atoms with E-state index in [9.17, 15) is 9.18 Å². The Hall–Kier alpha value is -3.55. The van der Waals surface area contributed by atoms with Crippen molar-refractivity contribution >= 4 is 16.9 Å². The Labute approximate surface area is 165 Å². The molecule has 4 aromatic rings. The maximum atomic E-state index is 13.5. The van der Waals surface area contributed by atoms with Gasteiger partial charge in [0.1, 0.15) is 5.82 Å². The Balaban J connectivity index is 1.35. The Kier molecular flexibility index (Phi) is 4.31. The van der Waals surface area contributed by atoms with Gasteiger partial charge in [0.15, 0.2) is 0 Å². The molecule has 2 aromatic heterocycles. The third-order valence-corrected chi connectivity index (χ3v) is 5.23. The molecule has 2 aromatic carbocycles. The number of carbonyl (C=O) groups is 1. The van der Waals surface area contributed by atoms with Crippen molar-refractivity contribution in [1.29, 1.82) is 0 Å². The van der Waals surface area contributed by atoms with Gasteiger partial charge in [0.25, 0.3) is 0 Å². The highest BCUT2D eigenvalue weighted by Crippen LogP contribution is 2.29. The lowest BCUT2D eigenvalue weighted by Gasteiger charge is -2.31. The number of piperidine rings is 1. The molecule has 0 spiro atoms. The van der Waals surface area contributed by atoms with E-state index in [0.29, 0.717) is 37.6 Å². The van der Waals surface area contributed by atoms with E-state index in [2.05, 4.69) is 20.1 Å². The highest BCUT2D eigenvalue weighted by Gasteiger charge is 2.30. The maximum Gasteiger partial charge on any atom is 0.231 e. The minimum absolute atomic E-state index is 0.0432. The van der Waals surface area contributed by atoms with Gasteiger partial charge in [-0.2, -0.15) is 4.98 Å². The minimum atomic E-state index is -0.306. The van der Waals surface area contributed by atoms with E-state index in [-0.39, 0.29) is 17.6 Å². The molecule has 7 nitrogen and oxygen atoms in total. The summed E-state index contributed by atoms with van der Waals surface area (Å²) < 4.78 is 19.0. The molecule has 1 fully saturated rings. The van der Waals surface area contributed by atoms with Gasteiger partial charge in [-0.25, -0.2) is 9.37 Å². The topological polar surface area (TPSA) is 87.9 Å². The molecule has 0 unspecified atom stereocenters. The van der Waals surface area contributed by atoms with Crippen LogP contribution < -0.4 is 0 Å². The van der Waals surface area contributed by atoms with Gasteiger partial charge in [-0.15, -0.1) is 0 Å². The zero-order valence-corrected chi connectivity index (χ0v) is 15.5. The number of amides is 1. The number of hydrogen-bond acceptors (Lipinski definition) is 5. The summed E-state index contributed by atoms with van der Waals surface area (Å²) >= 11 is 0. The summed E-state index contributed by atoms with van der Waals surface area (Å²) in [6.07, 6.45) is 2.69. The van der Waals surface area contributed by atoms with Crippen molar-refractivity contribution in [3.63, 3.8) is 0 Å². The quantitative estimate of drug-likeness (QED) is 0.574. The van der Waals surface area contributed by atoms with Crippen LogP contribution in [0.1, 0.15) is 30.2 Å². The molecule has 0 radical (unpaired) electrons. The van der Waals surface area contributed by atoms with Gasteiger partial charge < -0.3 is 14.4 Å². The highest BCUT2D eigenvalue weighted by atomic mass is 19.1. The van der Waals surface area contributed by atoms with Crippen LogP contribution in [0.5, 0.6) is 0 Å². The molecule has 1 amide bonds. The molecule has 0 saturated carbocycles. The standard InChI is InChI=1S/C21H18FN5O2/c22-16-3-1-2-13(8-16)10-27-11-15(5-7-19(27)28)21-25-20(26-29-21)14-4-6-17-18(9-14)24-12-23-17/h1-4,6,8-9,12,15H,5,7,10-11H2,(H,23,24)/t15-/m1/s1. The summed E-state index contributed by atoms with van der Waals surface area (Å²) in [5.74, 6) is 0.721. The van der Waals surface area contributed by atoms with Gasteiger partial charge in [-0.1, -0.05) is 17.3 Å². The fourth-order valence-electron chi connectivity index (χ4n) is 3.72. The SMILES string of the molecule is O=C1CC[C@@H](c2nc(-c3ccc4nc[nH]c4c3)no2)CN1Cc1cccc(F)c1. The second kappa shape index (κ2) is 7.12. The van der Waals surface area contributed by atoms with Crippen molar-refractivity contribution in [3.05, 3.63) is 66.1 Å². The van der Waals surface area contributed by atoms with Gasteiger partial charge in [0.2, 0.25) is 17.6 Å². The first-order valence-corrected chi connectivity index (χ1v) is 9.45. The van der Waals surface area contributed by atoms with Gasteiger partial charge >= 0.3 is 0 Å². The summed E-state index contributed by atoms with van der Waals surface area (Å²) in [5, 5.41) is 4.12. The van der Waals surface area contributed by atoms with E-state index in [1.165, 1.54) is 12.1 Å². The lowest BCUT2D eigenvalue weighted by molar-refractivity contribution is -0.134. The second-order valence-corrected chi connectivity index (χ2v) is 7.23. The van der Waals surface area contributed by atoms with Crippen LogP contribution >= 0.6 is 0 Å². The van der Waals surface area contributed by atoms with E-state index >= 15 is 0 Å². The number of likely N-dealkylation sites (tertiary alicyclic amines) is 1. The lowest BCUT2D eigenvalue weighted by atomic mass is 9.97. The molecule has 5 rings (SSSR count). The van der Waals surface area contributed by atoms with Crippen LogP contribution in [0, 0.1) is 5.82 Å². The molecular formula is C21H18FN5O2. The third-order valence-electron chi connectivity index (χ3n) is 5.23. The first-order valence-electron chi connectivity index (χ1n) is 9.45. The molecule has 1 aliphatic rings. The molecular weight excluding hydrogens is 373 g/mol. The summed E-state index contributed by atoms with van der Waals surface area (Å²) in [7, 11) is 0. The number of benzene rings is 2. The summed E-state index contributed by atoms with van der Waals surface area (Å²) in [6, 6.07) is 12.0. The minimum Gasteiger partial charge on any atom is -0.345 e. The van der Waals surface area contributed by atoms with E-state index in [1.54, 1.807) is 17.3 Å². The molecule has 29 heavy (non-hydrogen) atoms. The number of fused-ring (bicyclic) bond motifs is 1. The summed E-state index contributed by atoms with van der Waals surface area (Å²) in [4.78, 5) is 25.9. The number of nitrogens with zero attached hydrogens (tertiary/aromatic N) is 4. The molecule has 0 aliphatic carbocycles. The monoisotopic (exact) mass is 391 g/mol. The number of imidazole rings is 1. The van der Waals surface area contributed by atoms with Crippen molar-refractivity contribution < 1.29 is 13.7 Å². The average molecular weight is 391 g/mol. The zero-order chi connectivity index (χ0) is 19.8. The molecule has 1 atom stereocenters. The van der Waals surface area contributed by atoms with E-state index < -0.39 is 0 Å². The zero-order valence-electron chi connectivity index (χ0n) is 15.5. The van der Waals surface area contributed by atoms with Crippen molar-refractivity contribution in [2.45, 2.75) is 25.3 Å². The number of nitrogens with one attached hydrogen (secondary N) is 1.